The van der Waals surface area contributed by atoms with Crippen LogP contribution in [0, 0.1) is 11.8 Å². The molecule has 3 rings (SSSR count). The van der Waals surface area contributed by atoms with Gasteiger partial charge in [-0.3, -0.25) is 19.3 Å². The number of anilines is 1. The summed E-state index contributed by atoms with van der Waals surface area (Å²) in [6, 6.07) is 12.2. The summed E-state index contributed by atoms with van der Waals surface area (Å²) in [5, 5.41) is 25.9. The molecule has 0 radical (unpaired) electrons. The van der Waals surface area contributed by atoms with Crippen LogP contribution in [0.5, 0.6) is 0 Å². The van der Waals surface area contributed by atoms with Gasteiger partial charge in [0, 0.05) is 29.8 Å². The summed E-state index contributed by atoms with van der Waals surface area (Å²) >= 11 is 0. The van der Waals surface area contributed by atoms with Crippen molar-refractivity contribution in [1.29, 1.82) is 0 Å². The summed E-state index contributed by atoms with van der Waals surface area (Å²) in [6.07, 6.45) is 5.57. The van der Waals surface area contributed by atoms with Gasteiger partial charge in [0.25, 0.3) is 0 Å². The highest BCUT2D eigenvalue weighted by Gasteiger charge is 2.18. The number of nitrogen functional groups attached to an aromatic ring is 1. The average Bonchev–Trinajstić information content (AvgIpc) is 3.28. The van der Waals surface area contributed by atoms with Crippen LogP contribution in [-0.4, -0.2) is 57.8 Å². The van der Waals surface area contributed by atoms with Crippen molar-refractivity contribution in [2.24, 2.45) is 0 Å². The fraction of sp³-hybridized carbons (Fsp3) is 0.324. The van der Waals surface area contributed by atoms with Gasteiger partial charge in [-0.1, -0.05) is 69.4 Å². The summed E-state index contributed by atoms with van der Waals surface area (Å²) in [5.41, 5.74) is 14.9. The smallest absolute Gasteiger partial charge is 0.317 e. The summed E-state index contributed by atoms with van der Waals surface area (Å²) in [5.74, 6) is 3.55. The van der Waals surface area contributed by atoms with E-state index in [2.05, 4.69) is 36.6 Å². The Kier molecular flexibility index (Phi) is 15.1. The lowest BCUT2D eigenvalue weighted by Gasteiger charge is -2.18. The molecule has 0 unspecified atom stereocenters. The number of hydrogen-bond donors (Lipinski definition) is 4. The Labute approximate surface area is 248 Å². The molecule has 5 N–H and O–H groups in total. The van der Waals surface area contributed by atoms with E-state index in [-0.39, 0.29) is 26.1 Å². The molecule has 0 saturated heterocycles. The third-order valence-corrected chi connectivity index (χ3v) is 5.97. The van der Waals surface area contributed by atoms with Gasteiger partial charge in [-0.15, -0.1) is 0 Å². The number of fused-ring (bicyclic) bond motifs is 3. The number of allylic oxidation sites excluding steroid dienone is 4. The quantitative estimate of drug-likeness (QED) is 0.131. The van der Waals surface area contributed by atoms with Crippen LogP contribution in [0.25, 0.3) is 11.1 Å². The molecule has 0 atom stereocenters. The van der Waals surface area contributed by atoms with Crippen molar-refractivity contribution in [3.05, 3.63) is 88.5 Å². The molecule has 0 aromatic heterocycles. The molecule has 8 nitrogen and oxygen atoms in total. The first-order valence-corrected chi connectivity index (χ1v) is 13.9. The zero-order valence-corrected chi connectivity index (χ0v) is 25.2. The lowest BCUT2D eigenvalue weighted by molar-refractivity contribution is -0.141. The third-order valence-electron chi connectivity index (χ3n) is 5.97. The molecule has 0 bridgehead atoms. The normalized spacial score (nSPS) is 11.5. The Balaban J connectivity index is 0.00000114. The molecule has 1 aliphatic rings. The standard InChI is InChI=1S/C29H30N2O4.C3H6O2.C2H6/c1-4-19(2)11-22(12-20(3)16-31(17-28(32)33)18-29(34)35)6-5-21-7-9-26-23(13-21)14-24-15-25(30)8-10-27(24)26;1-2-3(4)5;1-2/h7-13,15H,2,4,14,16-18,30H2,1,3H3,(H,32,33)(H,34,35);2H2,1H3,(H,4,5);1-2H3/b20-12+,22-11-;;. The molecule has 0 fully saturated rings. The van der Waals surface area contributed by atoms with Gasteiger partial charge in [-0.25, -0.2) is 0 Å². The van der Waals surface area contributed by atoms with E-state index in [1.165, 1.54) is 27.2 Å². The van der Waals surface area contributed by atoms with Gasteiger partial charge >= 0.3 is 17.9 Å². The summed E-state index contributed by atoms with van der Waals surface area (Å²) in [7, 11) is 0. The second kappa shape index (κ2) is 17.9. The minimum atomic E-state index is -1.07. The fourth-order valence-electron chi connectivity index (χ4n) is 4.10. The first kappa shape index (κ1) is 35.4. The number of aliphatic carboxylic acids is 3. The monoisotopic (exact) mass is 574 g/mol. The summed E-state index contributed by atoms with van der Waals surface area (Å²) in [4.78, 5) is 32.9. The number of carbonyl (C=O) groups is 3. The number of carboxylic acids is 3. The largest absolute Gasteiger partial charge is 0.481 e. The van der Waals surface area contributed by atoms with E-state index in [0.717, 1.165) is 40.8 Å². The maximum Gasteiger partial charge on any atom is 0.317 e. The molecule has 2 aromatic carbocycles. The van der Waals surface area contributed by atoms with Crippen LogP contribution in [0.4, 0.5) is 5.69 Å². The highest BCUT2D eigenvalue weighted by atomic mass is 16.4. The Morgan fingerprint density at radius 2 is 1.43 bits per heavy atom. The van der Waals surface area contributed by atoms with Crippen molar-refractivity contribution < 1.29 is 29.7 Å². The predicted octanol–water partition coefficient (Wildman–Crippen LogP) is 6.01. The molecule has 0 heterocycles. The Hall–Kier alpha value is -4.61. The molecule has 0 aliphatic heterocycles. The Bertz CT molecular complexity index is 1390. The molecule has 0 saturated carbocycles. The number of nitrogens with two attached hydrogens (primary N) is 1. The van der Waals surface area contributed by atoms with E-state index < -0.39 is 17.9 Å². The summed E-state index contributed by atoms with van der Waals surface area (Å²) in [6.45, 7) is 13.0. The first-order chi connectivity index (χ1) is 19.9. The van der Waals surface area contributed by atoms with Gasteiger partial charge in [0.2, 0.25) is 0 Å². The van der Waals surface area contributed by atoms with Crippen LogP contribution in [-0.2, 0) is 20.8 Å². The van der Waals surface area contributed by atoms with E-state index in [1.54, 1.807) is 6.92 Å². The lowest BCUT2D eigenvalue weighted by Crippen LogP contribution is -2.35. The molecule has 1 aliphatic carbocycles. The molecule has 0 amide bonds. The number of nitrogens with zero attached hydrogens (tertiary/aromatic N) is 1. The average molecular weight is 575 g/mol. The van der Waals surface area contributed by atoms with E-state index in [1.807, 2.05) is 58.0 Å². The van der Waals surface area contributed by atoms with E-state index >= 15 is 0 Å². The maximum absolute atomic E-state index is 11.1. The van der Waals surface area contributed by atoms with Crippen molar-refractivity contribution >= 4 is 23.6 Å². The fourth-order valence-corrected chi connectivity index (χ4v) is 4.10. The number of carboxylic acid groups (broad SMARTS) is 3. The van der Waals surface area contributed by atoms with Crippen LogP contribution in [0.1, 0.15) is 64.2 Å². The molecule has 42 heavy (non-hydrogen) atoms. The minimum absolute atomic E-state index is 0.205. The Morgan fingerprint density at radius 1 is 0.881 bits per heavy atom. The number of benzene rings is 2. The lowest BCUT2D eigenvalue weighted by atomic mass is 10.0. The van der Waals surface area contributed by atoms with Crippen molar-refractivity contribution in [3.8, 4) is 23.0 Å². The van der Waals surface area contributed by atoms with Crippen LogP contribution >= 0.6 is 0 Å². The van der Waals surface area contributed by atoms with Crippen molar-refractivity contribution in [2.45, 2.75) is 53.9 Å². The van der Waals surface area contributed by atoms with Crippen molar-refractivity contribution in [2.75, 3.05) is 25.4 Å². The van der Waals surface area contributed by atoms with E-state index in [0.29, 0.717) is 0 Å². The first-order valence-electron chi connectivity index (χ1n) is 13.9. The van der Waals surface area contributed by atoms with Gasteiger partial charge in [0.15, 0.2) is 0 Å². The Morgan fingerprint density at radius 3 is 1.95 bits per heavy atom. The molecule has 0 spiro atoms. The maximum atomic E-state index is 11.1. The summed E-state index contributed by atoms with van der Waals surface area (Å²) < 4.78 is 0. The minimum Gasteiger partial charge on any atom is -0.481 e. The molecular weight excluding hydrogens is 532 g/mol. The van der Waals surface area contributed by atoms with Crippen LogP contribution < -0.4 is 5.73 Å². The number of rotatable bonds is 10. The number of hydrogen-bond acceptors (Lipinski definition) is 5. The van der Waals surface area contributed by atoms with E-state index in [4.69, 9.17) is 21.1 Å². The molecule has 2 aromatic rings. The van der Waals surface area contributed by atoms with Crippen LogP contribution in [0.15, 0.2) is 71.8 Å². The zero-order valence-electron chi connectivity index (χ0n) is 25.2. The van der Waals surface area contributed by atoms with Crippen molar-refractivity contribution in [3.63, 3.8) is 0 Å². The highest BCUT2D eigenvalue weighted by Crippen LogP contribution is 2.37. The highest BCUT2D eigenvalue weighted by molar-refractivity contribution is 5.79. The van der Waals surface area contributed by atoms with Gasteiger partial charge in [-0.05, 0) is 78.4 Å². The van der Waals surface area contributed by atoms with Crippen LogP contribution in [0.3, 0.4) is 0 Å². The zero-order chi connectivity index (χ0) is 31.8. The SMILES string of the molecule is C=C(/C=C(C#Cc1ccc2c(c1)Cc1cc(N)ccc1-2)\C=C(/C)CN(CC(=O)O)CC(=O)O)CC.CC.CCC(=O)O. The topological polar surface area (TPSA) is 141 Å². The second-order valence-corrected chi connectivity index (χ2v) is 9.50. The third kappa shape index (κ3) is 12.3. The van der Waals surface area contributed by atoms with Crippen LogP contribution in [0.2, 0.25) is 0 Å². The van der Waals surface area contributed by atoms with Crippen molar-refractivity contribution in [1.82, 2.24) is 4.90 Å². The second-order valence-electron chi connectivity index (χ2n) is 9.50. The van der Waals surface area contributed by atoms with Gasteiger partial charge < -0.3 is 21.1 Å². The van der Waals surface area contributed by atoms with Gasteiger partial charge in [0.05, 0.1) is 13.1 Å². The molecule has 224 valence electrons. The predicted molar refractivity (Wildman–Crippen MR) is 168 cm³/mol. The van der Waals surface area contributed by atoms with E-state index in [9.17, 15) is 14.4 Å². The molecule has 8 heteroatoms. The molecular formula is C34H42N2O6. The van der Waals surface area contributed by atoms with Gasteiger partial charge in [-0.2, -0.15) is 0 Å². The van der Waals surface area contributed by atoms with Gasteiger partial charge in [0.1, 0.15) is 0 Å².